The number of hydrogen-bond donors (Lipinski definition) is 2. The molecule has 2 rings (SSSR count). The van der Waals surface area contributed by atoms with Gasteiger partial charge in [0.05, 0.1) is 12.1 Å². The largest absolute Gasteiger partial charge is 0.391 e. The smallest absolute Gasteiger partial charge is 0.271 e. The number of benzene rings is 1. The Bertz CT molecular complexity index is 648. The molecule has 0 saturated heterocycles. The molecule has 1 aromatic carbocycles. The van der Waals surface area contributed by atoms with Crippen LogP contribution in [0.3, 0.4) is 0 Å². The van der Waals surface area contributed by atoms with Crippen molar-refractivity contribution in [2.24, 2.45) is 0 Å². The summed E-state index contributed by atoms with van der Waals surface area (Å²) in [5, 5.41) is 17.3. The number of hydrogen-bond acceptors (Lipinski definition) is 3. The molecule has 130 valence electrons. The summed E-state index contributed by atoms with van der Waals surface area (Å²) in [5.74, 6) is -0.241. The molecule has 1 unspecified atom stereocenters. The maximum Gasteiger partial charge on any atom is 0.271 e. The molecule has 5 nitrogen and oxygen atoms in total. The topological polar surface area (TPSA) is 67.2 Å². The van der Waals surface area contributed by atoms with Crippen LogP contribution in [0.2, 0.25) is 0 Å². The number of aryl methyl sites for hydroxylation is 1. The minimum Gasteiger partial charge on any atom is -0.391 e. The van der Waals surface area contributed by atoms with Crippen molar-refractivity contribution in [2.45, 2.75) is 52.2 Å². The summed E-state index contributed by atoms with van der Waals surface area (Å²) in [6, 6.07) is 11.9. The summed E-state index contributed by atoms with van der Waals surface area (Å²) < 4.78 is 1.93. The van der Waals surface area contributed by atoms with Gasteiger partial charge >= 0.3 is 0 Å². The van der Waals surface area contributed by atoms with Crippen molar-refractivity contribution in [3.63, 3.8) is 0 Å². The summed E-state index contributed by atoms with van der Waals surface area (Å²) in [6.07, 6.45) is 1.87. The molecule has 1 amide bonds. The number of aliphatic hydroxyl groups excluding tert-OH is 1. The van der Waals surface area contributed by atoms with E-state index in [1.807, 2.05) is 41.9 Å². The predicted molar refractivity (Wildman–Crippen MR) is 95.1 cm³/mol. The first-order valence-electron chi connectivity index (χ1n) is 8.61. The minimum absolute atomic E-state index is 0.213. The van der Waals surface area contributed by atoms with E-state index in [9.17, 15) is 9.90 Å². The minimum atomic E-state index is -0.612. The first-order chi connectivity index (χ1) is 11.5. The van der Waals surface area contributed by atoms with E-state index in [2.05, 4.69) is 24.3 Å². The summed E-state index contributed by atoms with van der Waals surface area (Å²) in [4.78, 5) is 12.3. The molecule has 1 atom stereocenters. The van der Waals surface area contributed by atoms with Gasteiger partial charge < -0.3 is 10.4 Å². The first kappa shape index (κ1) is 18.2. The second kappa shape index (κ2) is 8.64. The fraction of sp³-hybridized carbons (Fsp3) is 0.474. The molecule has 24 heavy (non-hydrogen) atoms. The van der Waals surface area contributed by atoms with E-state index < -0.39 is 6.10 Å². The van der Waals surface area contributed by atoms with E-state index in [1.165, 1.54) is 0 Å². The number of nitrogens with one attached hydrogen (secondary N) is 1. The quantitative estimate of drug-likeness (QED) is 0.782. The molecule has 0 saturated carbocycles. The second-order valence-electron chi connectivity index (χ2n) is 6.14. The molecular formula is C19H27N3O2. The fourth-order valence-electron chi connectivity index (χ4n) is 2.86. The SMILES string of the molecule is CCC(CC)n1nc(C(=O)NCC(O)Cc2ccccc2)cc1C. The molecule has 2 aromatic rings. The molecule has 0 bridgehead atoms. The third-order valence-electron chi connectivity index (χ3n) is 4.26. The highest BCUT2D eigenvalue weighted by Gasteiger charge is 2.17. The Balaban J connectivity index is 1.91. The summed E-state index contributed by atoms with van der Waals surface area (Å²) in [6.45, 7) is 6.42. The van der Waals surface area contributed by atoms with Crippen molar-refractivity contribution in [3.05, 3.63) is 53.3 Å². The Morgan fingerprint density at radius 3 is 2.54 bits per heavy atom. The number of carbonyl (C=O) groups excluding carboxylic acids is 1. The molecule has 0 fully saturated rings. The molecule has 2 N–H and O–H groups in total. The maximum absolute atomic E-state index is 12.3. The lowest BCUT2D eigenvalue weighted by molar-refractivity contribution is 0.0910. The Morgan fingerprint density at radius 2 is 1.92 bits per heavy atom. The van der Waals surface area contributed by atoms with Crippen LogP contribution in [0.15, 0.2) is 36.4 Å². The van der Waals surface area contributed by atoms with E-state index in [0.29, 0.717) is 18.2 Å². The molecule has 0 aliphatic rings. The maximum atomic E-state index is 12.3. The Morgan fingerprint density at radius 1 is 1.25 bits per heavy atom. The van der Waals surface area contributed by atoms with Crippen LogP contribution in [-0.4, -0.2) is 33.4 Å². The predicted octanol–water partition coefficient (Wildman–Crippen LogP) is 2.89. The third kappa shape index (κ3) is 4.68. The van der Waals surface area contributed by atoms with Gasteiger partial charge in [0.2, 0.25) is 0 Å². The molecule has 1 aromatic heterocycles. The van der Waals surface area contributed by atoms with E-state index >= 15 is 0 Å². The lowest BCUT2D eigenvalue weighted by Crippen LogP contribution is -2.33. The molecule has 0 aliphatic carbocycles. The van der Waals surface area contributed by atoms with Gasteiger partial charge in [-0.05, 0) is 31.4 Å². The van der Waals surface area contributed by atoms with Gasteiger partial charge in [-0.25, -0.2) is 0 Å². The molecular weight excluding hydrogens is 302 g/mol. The third-order valence-corrected chi connectivity index (χ3v) is 4.26. The van der Waals surface area contributed by atoms with Gasteiger partial charge in [0.25, 0.3) is 5.91 Å². The zero-order valence-electron chi connectivity index (χ0n) is 14.7. The van der Waals surface area contributed by atoms with Crippen molar-refractivity contribution in [3.8, 4) is 0 Å². The number of rotatable bonds is 8. The summed E-state index contributed by atoms with van der Waals surface area (Å²) >= 11 is 0. The first-order valence-corrected chi connectivity index (χ1v) is 8.61. The van der Waals surface area contributed by atoms with E-state index in [1.54, 1.807) is 6.07 Å². The number of aliphatic hydroxyl groups is 1. The zero-order valence-corrected chi connectivity index (χ0v) is 14.7. The Kier molecular flexibility index (Phi) is 6.55. The second-order valence-corrected chi connectivity index (χ2v) is 6.14. The fourth-order valence-corrected chi connectivity index (χ4v) is 2.86. The van der Waals surface area contributed by atoms with Gasteiger partial charge in [-0.2, -0.15) is 5.10 Å². The number of nitrogens with zero attached hydrogens (tertiary/aromatic N) is 2. The average Bonchev–Trinajstić information content (AvgIpc) is 2.97. The molecule has 0 aliphatic heterocycles. The van der Waals surface area contributed by atoms with Crippen LogP contribution in [0.4, 0.5) is 0 Å². The van der Waals surface area contributed by atoms with Gasteiger partial charge in [-0.1, -0.05) is 44.2 Å². The van der Waals surface area contributed by atoms with Gasteiger partial charge in [-0.3, -0.25) is 9.48 Å². The standard InChI is InChI=1S/C19H27N3O2/c1-4-16(5-2)22-14(3)11-18(21-22)19(24)20-13-17(23)12-15-9-7-6-8-10-15/h6-11,16-17,23H,4-5,12-13H2,1-3H3,(H,20,24). The van der Waals surface area contributed by atoms with Gasteiger partial charge in [-0.15, -0.1) is 0 Å². The van der Waals surface area contributed by atoms with Crippen molar-refractivity contribution in [1.29, 1.82) is 0 Å². The highest BCUT2D eigenvalue weighted by atomic mass is 16.3. The molecule has 5 heteroatoms. The number of carbonyl (C=O) groups is 1. The van der Waals surface area contributed by atoms with Crippen molar-refractivity contribution >= 4 is 5.91 Å². The summed E-state index contributed by atoms with van der Waals surface area (Å²) in [7, 11) is 0. The van der Waals surface area contributed by atoms with Gasteiger partial charge in [0.15, 0.2) is 0 Å². The van der Waals surface area contributed by atoms with Crippen LogP contribution in [0.25, 0.3) is 0 Å². The Labute approximate surface area is 143 Å². The van der Waals surface area contributed by atoms with Gasteiger partial charge in [0, 0.05) is 18.7 Å². The van der Waals surface area contributed by atoms with Crippen LogP contribution >= 0.6 is 0 Å². The van der Waals surface area contributed by atoms with Crippen molar-refractivity contribution in [1.82, 2.24) is 15.1 Å². The van der Waals surface area contributed by atoms with E-state index in [-0.39, 0.29) is 12.5 Å². The van der Waals surface area contributed by atoms with E-state index in [4.69, 9.17) is 0 Å². The van der Waals surface area contributed by atoms with Crippen molar-refractivity contribution in [2.75, 3.05) is 6.54 Å². The van der Waals surface area contributed by atoms with Crippen molar-refractivity contribution < 1.29 is 9.90 Å². The average molecular weight is 329 g/mol. The lowest BCUT2D eigenvalue weighted by Gasteiger charge is -2.15. The zero-order chi connectivity index (χ0) is 17.5. The van der Waals surface area contributed by atoms with Crippen LogP contribution in [-0.2, 0) is 6.42 Å². The van der Waals surface area contributed by atoms with Gasteiger partial charge in [0.1, 0.15) is 5.69 Å². The molecule has 1 heterocycles. The molecule has 0 spiro atoms. The number of aromatic nitrogens is 2. The highest BCUT2D eigenvalue weighted by molar-refractivity contribution is 5.92. The van der Waals surface area contributed by atoms with Crippen LogP contribution in [0.5, 0.6) is 0 Å². The Hall–Kier alpha value is -2.14. The lowest BCUT2D eigenvalue weighted by atomic mass is 10.1. The summed E-state index contributed by atoms with van der Waals surface area (Å²) in [5.41, 5.74) is 2.44. The van der Waals surface area contributed by atoms with E-state index in [0.717, 1.165) is 24.1 Å². The van der Waals surface area contributed by atoms with Crippen LogP contribution < -0.4 is 5.32 Å². The highest BCUT2D eigenvalue weighted by Crippen LogP contribution is 2.17. The number of amides is 1. The van der Waals surface area contributed by atoms with Crippen LogP contribution in [0, 0.1) is 6.92 Å². The van der Waals surface area contributed by atoms with Crippen LogP contribution in [0.1, 0.15) is 54.5 Å². The monoisotopic (exact) mass is 329 g/mol. The molecule has 0 radical (unpaired) electrons. The normalized spacial score (nSPS) is 12.4.